The maximum absolute atomic E-state index is 11.3. The lowest BCUT2D eigenvalue weighted by Gasteiger charge is -2.15. The minimum Gasteiger partial charge on any atom is -0.425 e. The molecule has 8 nitrogen and oxygen atoms in total. The van der Waals surface area contributed by atoms with Crippen LogP contribution in [0, 0.1) is 5.92 Å². The van der Waals surface area contributed by atoms with Crippen LogP contribution in [0.3, 0.4) is 0 Å². The van der Waals surface area contributed by atoms with Crippen LogP contribution in [0.5, 0.6) is 0 Å². The standard InChI is InChI=1S/C11H20NO7P/c1-7(2)10(14)18-8(3)19-11(15)12-5-9(13)6-17-20(4)16/h7-8,20H,5-6H2,1-4H3,(H,12,15). The van der Waals surface area contributed by atoms with E-state index in [9.17, 15) is 18.9 Å². The zero-order valence-electron chi connectivity index (χ0n) is 11.9. The predicted molar refractivity (Wildman–Crippen MR) is 70.8 cm³/mol. The third-order valence-electron chi connectivity index (χ3n) is 1.89. The molecule has 2 atom stereocenters. The maximum atomic E-state index is 11.3. The summed E-state index contributed by atoms with van der Waals surface area (Å²) in [6.07, 6.45) is -1.95. The Morgan fingerprint density at radius 1 is 1.15 bits per heavy atom. The molecule has 0 aromatic carbocycles. The molecule has 0 radical (unpaired) electrons. The first-order chi connectivity index (χ1) is 9.22. The number of Topliss-reactive ketones (excluding diaryl/α,β-unsaturated/α-hetero) is 1. The van der Waals surface area contributed by atoms with E-state index in [4.69, 9.17) is 9.47 Å². The molecule has 0 heterocycles. The molecule has 0 aromatic rings. The predicted octanol–water partition coefficient (Wildman–Crippen LogP) is 0.948. The van der Waals surface area contributed by atoms with Gasteiger partial charge in [0.25, 0.3) is 0 Å². The molecule has 20 heavy (non-hydrogen) atoms. The maximum Gasteiger partial charge on any atom is 0.410 e. The summed E-state index contributed by atoms with van der Waals surface area (Å²) in [6, 6.07) is 0. The van der Waals surface area contributed by atoms with Gasteiger partial charge in [0.2, 0.25) is 6.29 Å². The summed E-state index contributed by atoms with van der Waals surface area (Å²) in [6.45, 7) is 5.37. The van der Waals surface area contributed by atoms with Crippen molar-refractivity contribution in [3.05, 3.63) is 0 Å². The lowest BCUT2D eigenvalue weighted by molar-refractivity contribution is -0.168. The van der Waals surface area contributed by atoms with E-state index < -0.39 is 32.2 Å². The first-order valence-electron chi connectivity index (χ1n) is 6.02. The van der Waals surface area contributed by atoms with Gasteiger partial charge in [0.15, 0.2) is 13.8 Å². The molecule has 0 fully saturated rings. The van der Waals surface area contributed by atoms with Gasteiger partial charge in [0, 0.05) is 13.6 Å². The zero-order valence-corrected chi connectivity index (χ0v) is 12.9. The Balaban J connectivity index is 3.90. The summed E-state index contributed by atoms with van der Waals surface area (Å²) in [5.41, 5.74) is 0. The molecule has 0 aliphatic heterocycles. The molecule has 0 aliphatic carbocycles. The summed E-state index contributed by atoms with van der Waals surface area (Å²) in [5, 5.41) is 2.17. The molecule has 2 unspecified atom stereocenters. The molecule has 0 aliphatic rings. The van der Waals surface area contributed by atoms with Crippen LogP contribution in [-0.2, 0) is 28.2 Å². The van der Waals surface area contributed by atoms with Crippen molar-refractivity contribution in [1.82, 2.24) is 5.32 Å². The highest BCUT2D eigenvalue weighted by atomic mass is 31.1. The number of hydrogen-bond acceptors (Lipinski definition) is 7. The monoisotopic (exact) mass is 309 g/mol. The number of esters is 1. The second-order valence-electron chi connectivity index (χ2n) is 4.24. The molecule has 0 bridgehead atoms. The van der Waals surface area contributed by atoms with Crippen LogP contribution in [0.4, 0.5) is 4.79 Å². The van der Waals surface area contributed by atoms with E-state index in [1.54, 1.807) is 13.8 Å². The molecule has 0 aromatic heterocycles. The fourth-order valence-corrected chi connectivity index (χ4v) is 1.28. The Bertz CT molecular complexity index is 383. The molecular formula is C11H20NO7P. The van der Waals surface area contributed by atoms with Crippen LogP contribution in [0.15, 0.2) is 0 Å². The van der Waals surface area contributed by atoms with E-state index in [2.05, 4.69) is 9.84 Å². The molecular weight excluding hydrogens is 289 g/mol. The van der Waals surface area contributed by atoms with E-state index >= 15 is 0 Å². The van der Waals surface area contributed by atoms with Crippen molar-refractivity contribution in [3.8, 4) is 0 Å². The molecule has 0 spiro atoms. The van der Waals surface area contributed by atoms with Crippen molar-refractivity contribution in [3.63, 3.8) is 0 Å². The van der Waals surface area contributed by atoms with Gasteiger partial charge in [-0.2, -0.15) is 0 Å². The number of ketones is 1. The van der Waals surface area contributed by atoms with Gasteiger partial charge in [-0.05, 0) is 0 Å². The van der Waals surface area contributed by atoms with Crippen LogP contribution < -0.4 is 5.32 Å². The lowest BCUT2D eigenvalue weighted by atomic mass is 10.2. The Labute approximate surface area is 118 Å². The number of nitrogens with one attached hydrogen (secondary N) is 1. The SMILES string of the molecule is CC(OC(=O)NCC(=O)CO[PH](C)=O)OC(=O)C(C)C. The third-order valence-corrected chi connectivity index (χ3v) is 2.44. The normalized spacial score (nSPS) is 13.4. The van der Waals surface area contributed by atoms with E-state index in [1.165, 1.54) is 13.6 Å². The van der Waals surface area contributed by atoms with Crippen LogP contribution in [0.2, 0.25) is 0 Å². The average Bonchev–Trinajstić information content (AvgIpc) is 2.33. The van der Waals surface area contributed by atoms with Crippen molar-refractivity contribution in [2.24, 2.45) is 5.92 Å². The van der Waals surface area contributed by atoms with Gasteiger partial charge in [0.1, 0.15) is 6.61 Å². The second kappa shape index (κ2) is 9.50. The zero-order chi connectivity index (χ0) is 15.7. The number of hydrogen-bond donors (Lipinski definition) is 1. The fraction of sp³-hybridized carbons (Fsp3) is 0.727. The van der Waals surface area contributed by atoms with E-state index in [1.807, 2.05) is 0 Å². The Morgan fingerprint density at radius 3 is 2.25 bits per heavy atom. The number of alkyl carbamates (subject to hydrolysis) is 1. The van der Waals surface area contributed by atoms with Crippen molar-refractivity contribution in [1.29, 1.82) is 0 Å². The molecule has 1 amide bonds. The number of carbonyl (C=O) groups is 3. The summed E-state index contributed by atoms with van der Waals surface area (Å²) in [7, 11) is -2.18. The number of rotatable bonds is 8. The van der Waals surface area contributed by atoms with Crippen molar-refractivity contribution in [2.45, 2.75) is 27.1 Å². The Kier molecular flexibility index (Phi) is 8.83. The van der Waals surface area contributed by atoms with Crippen molar-refractivity contribution in [2.75, 3.05) is 19.8 Å². The highest BCUT2D eigenvalue weighted by Gasteiger charge is 2.16. The Hall–Kier alpha value is -1.40. The van der Waals surface area contributed by atoms with Gasteiger partial charge < -0.3 is 19.3 Å². The molecule has 0 saturated carbocycles. The van der Waals surface area contributed by atoms with Gasteiger partial charge in [-0.1, -0.05) is 13.8 Å². The summed E-state index contributed by atoms with van der Waals surface area (Å²) in [5.74, 6) is -1.28. The van der Waals surface area contributed by atoms with Crippen LogP contribution in [0.1, 0.15) is 20.8 Å². The van der Waals surface area contributed by atoms with Gasteiger partial charge in [0.05, 0.1) is 12.5 Å². The Morgan fingerprint density at radius 2 is 1.75 bits per heavy atom. The van der Waals surface area contributed by atoms with Gasteiger partial charge in [-0.25, -0.2) is 4.79 Å². The number of carbonyl (C=O) groups excluding carboxylic acids is 3. The first-order valence-corrected chi connectivity index (χ1v) is 7.84. The molecule has 116 valence electrons. The van der Waals surface area contributed by atoms with E-state index in [-0.39, 0.29) is 19.1 Å². The molecule has 9 heteroatoms. The third kappa shape index (κ3) is 9.52. The summed E-state index contributed by atoms with van der Waals surface area (Å²) in [4.78, 5) is 33.7. The summed E-state index contributed by atoms with van der Waals surface area (Å²) >= 11 is 0. The minimum atomic E-state index is -2.18. The smallest absolute Gasteiger partial charge is 0.410 e. The van der Waals surface area contributed by atoms with Crippen LogP contribution in [0.25, 0.3) is 0 Å². The topological polar surface area (TPSA) is 108 Å². The minimum absolute atomic E-state index is 0.321. The second-order valence-corrected chi connectivity index (χ2v) is 5.51. The van der Waals surface area contributed by atoms with Crippen molar-refractivity contribution >= 4 is 25.9 Å². The van der Waals surface area contributed by atoms with Crippen molar-refractivity contribution < 1.29 is 32.9 Å². The quantitative estimate of drug-likeness (QED) is 0.404. The average molecular weight is 309 g/mol. The van der Waals surface area contributed by atoms with Crippen LogP contribution >= 0.6 is 8.03 Å². The number of ether oxygens (including phenoxy) is 2. The van der Waals surface area contributed by atoms with Gasteiger partial charge in [-0.3, -0.25) is 14.2 Å². The molecule has 1 N–H and O–H groups in total. The molecule has 0 saturated heterocycles. The van der Waals surface area contributed by atoms with Crippen LogP contribution in [-0.4, -0.2) is 44.0 Å². The highest BCUT2D eigenvalue weighted by Crippen LogP contribution is 2.13. The molecule has 0 rings (SSSR count). The lowest BCUT2D eigenvalue weighted by Crippen LogP contribution is -2.35. The van der Waals surface area contributed by atoms with Gasteiger partial charge in [-0.15, -0.1) is 0 Å². The van der Waals surface area contributed by atoms with E-state index in [0.717, 1.165) is 0 Å². The largest absolute Gasteiger partial charge is 0.425 e. The highest BCUT2D eigenvalue weighted by molar-refractivity contribution is 7.38. The first kappa shape index (κ1) is 18.6. The fourth-order valence-electron chi connectivity index (χ4n) is 0.920. The summed E-state index contributed by atoms with van der Waals surface area (Å²) < 4.78 is 24.8. The number of amides is 1. The van der Waals surface area contributed by atoms with E-state index in [0.29, 0.717) is 0 Å². The van der Waals surface area contributed by atoms with Gasteiger partial charge >= 0.3 is 12.1 Å².